The zero-order valence-electron chi connectivity index (χ0n) is 10.0. The quantitative estimate of drug-likeness (QED) is 0.802. The topological polar surface area (TPSA) is 12.0 Å². The van der Waals surface area contributed by atoms with Gasteiger partial charge in [-0.05, 0) is 48.9 Å². The summed E-state index contributed by atoms with van der Waals surface area (Å²) < 4.78 is 13.2. The van der Waals surface area contributed by atoms with Crippen molar-refractivity contribution in [2.75, 3.05) is 6.54 Å². The molecular weight excluding hydrogens is 201 g/mol. The van der Waals surface area contributed by atoms with Crippen molar-refractivity contribution in [1.82, 2.24) is 5.32 Å². The molecule has 0 heterocycles. The van der Waals surface area contributed by atoms with Gasteiger partial charge in [-0.2, -0.15) is 0 Å². The maximum Gasteiger partial charge on any atom is 0.123 e. The minimum Gasteiger partial charge on any atom is -0.310 e. The van der Waals surface area contributed by atoms with Crippen molar-refractivity contribution in [3.05, 3.63) is 35.6 Å². The molecule has 0 radical (unpaired) electrons. The second-order valence-electron chi connectivity index (χ2n) is 4.79. The van der Waals surface area contributed by atoms with Crippen LogP contribution in [0.2, 0.25) is 0 Å². The van der Waals surface area contributed by atoms with Gasteiger partial charge in [0.1, 0.15) is 5.82 Å². The number of nitrogens with one attached hydrogen (secondary N) is 1. The number of halogens is 1. The summed E-state index contributed by atoms with van der Waals surface area (Å²) in [5.74, 6) is 1.29. The summed E-state index contributed by atoms with van der Waals surface area (Å²) in [6.07, 6.45) is 2.66. The Morgan fingerprint density at radius 2 is 2.19 bits per heavy atom. The Hall–Kier alpha value is -0.890. The molecule has 1 N–H and O–H groups in total. The molecular formula is C14H20FN. The first kappa shape index (κ1) is 11.6. The number of hydrogen-bond acceptors (Lipinski definition) is 1. The Morgan fingerprint density at radius 1 is 1.44 bits per heavy atom. The molecule has 0 amide bonds. The molecule has 1 aromatic carbocycles. The van der Waals surface area contributed by atoms with Crippen LogP contribution >= 0.6 is 0 Å². The molecule has 16 heavy (non-hydrogen) atoms. The zero-order chi connectivity index (χ0) is 11.5. The van der Waals surface area contributed by atoms with Gasteiger partial charge in [0.2, 0.25) is 0 Å². The summed E-state index contributed by atoms with van der Waals surface area (Å²) >= 11 is 0. The van der Waals surface area contributed by atoms with Gasteiger partial charge < -0.3 is 5.32 Å². The van der Waals surface area contributed by atoms with E-state index in [4.69, 9.17) is 0 Å². The second-order valence-corrected chi connectivity index (χ2v) is 4.79. The lowest BCUT2D eigenvalue weighted by molar-refractivity contribution is 0.354. The third-order valence-electron chi connectivity index (χ3n) is 3.52. The summed E-state index contributed by atoms with van der Waals surface area (Å²) in [5, 5.41) is 3.48. The molecule has 2 rings (SSSR count). The first-order valence-electron chi connectivity index (χ1n) is 6.21. The van der Waals surface area contributed by atoms with E-state index in [-0.39, 0.29) is 5.82 Å². The third kappa shape index (κ3) is 2.62. The van der Waals surface area contributed by atoms with Crippen LogP contribution in [0.1, 0.15) is 38.3 Å². The minimum atomic E-state index is -0.136. The Morgan fingerprint density at radius 3 is 2.75 bits per heavy atom. The molecule has 0 bridgehead atoms. The van der Waals surface area contributed by atoms with Crippen LogP contribution in [0.4, 0.5) is 4.39 Å². The van der Waals surface area contributed by atoms with Crippen LogP contribution in [-0.2, 0) is 0 Å². The molecule has 2 unspecified atom stereocenters. The van der Waals surface area contributed by atoms with Gasteiger partial charge in [0.25, 0.3) is 0 Å². The van der Waals surface area contributed by atoms with E-state index in [1.807, 2.05) is 6.07 Å². The predicted octanol–water partition coefficient (Wildman–Crippen LogP) is 3.52. The van der Waals surface area contributed by atoms with Gasteiger partial charge in [-0.15, -0.1) is 0 Å². The molecule has 88 valence electrons. The van der Waals surface area contributed by atoms with E-state index in [9.17, 15) is 4.39 Å². The highest BCUT2D eigenvalue weighted by atomic mass is 19.1. The van der Waals surface area contributed by atoms with Crippen molar-refractivity contribution in [2.45, 2.75) is 32.7 Å². The van der Waals surface area contributed by atoms with Crippen molar-refractivity contribution >= 4 is 0 Å². The second kappa shape index (κ2) is 4.96. The fraction of sp³-hybridized carbons (Fsp3) is 0.571. The average molecular weight is 221 g/mol. The van der Waals surface area contributed by atoms with Crippen LogP contribution in [-0.4, -0.2) is 6.54 Å². The Kier molecular flexibility index (Phi) is 3.59. The van der Waals surface area contributed by atoms with Crippen molar-refractivity contribution < 1.29 is 4.39 Å². The van der Waals surface area contributed by atoms with E-state index in [2.05, 4.69) is 19.2 Å². The number of benzene rings is 1. The lowest BCUT2D eigenvalue weighted by Gasteiger charge is -2.25. The van der Waals surface area contributed by atoms with Gasteiger partial charge >= 0.3 is 0 Å². The highest BCUT2D eigenvalue weighted by molar-refractivity contribution is 5.21. The Bertz CT molecular complexity index is 346. The van der Waals surface area contributed by atoms with E-state index in [0.29, 0.717) is 12.0 Å². The molecule has 1 saturated carbocycles. The summed E-state index contributed by atoms with van der Waals surface area (Å²) in [6, 6.07) is 7.29. The van der Waals surface area contributed by atoms with Crippen LogP contribution < -0.4 is 5.32 Å². The number of rotatable bonds is 5. The highest BCUT2D eigenvalue weighted by Gasteiger charge is 2.33. The van der Waals surface area contributed by atoms with Gasteiger partial charge in [0.15, 0.2) is 0 Å². The first-order chi connectivity index (χ1) is 7.72. The molecule has 1 aliphatic rings. The third-order valence-corrected chi connectivity index (χ3v) is 3.52. The zero-order valence-corrected chi connectivity index (χ0v) is 10.0. The van der Waals surface area contributed by atoms with Gasteiger partial charge in [0, 0.05) is 6.04 Å². The van der Waals surface area contributed by atoms with Crippen LogP contribution in [0.25, 0.3) is 0 Å². The van der Waals surface area contributed by atoms with Gasteiger partial charge in [-0.1, -0.05) is 26.0 Å². The van der Waals surface area contributed by atoms with E-state index >= 15 is 0 Å². The van der Waals surface area contributed by atoms with Crippen LogP contribution in [0, 0.1) is 17.7 Å². The van der Waals surface area contributed by atoms with Crippen molar-refractivity contribution in [2.24, 2.45) is 11.8 Å². The van der Waals surface area contributed by atoms with E-state index in [0.717, 1.165) is 18.0 Å². The van der Waals surface area contributed by atoms with E-state index in [1.165, 1.54) is 18.9 Å². The van der Waals surface area contributed by atoms with Crippen molar-refractivity contribution in [3.63, 3.8) is 0 Å². The lowest BCUT2D eigenvalue weighted by Crippen LogP contribution is -2.27. The summed E-state index contributed by atoms with van der Waals surface area (Å²) in [4.78, 5) is 0. The number of hydrogen-bond donors (Lipinski definition) is 1. The molecule has 0 saturated heterocycles. The molecule has 1 fully saturated rings. The fourth-order valence-corrected chi connectivity index (χ4v) is 2.42. The first-order valence-corrected chi connectivity index (χ1v) is 6.21. The maximum atomic E-state index is 13.2. The molecule has 0 spiro atoms. The Labute approximate surface area is 97.1 Å². The molecule has 0 aliphatic heterocycles. The monoisotopic (exact) mass is 221 g/mol. The van der Waals surface area contributed by atoms with Crippen LogP contribution in [0.5, 0.6) is 0 Å². The van der Waals surface area contributed by atoms with Gasteiger partial charge in [0.05, 0.1) is 0 Å². The molecule has 1 aromatic rings. The lowest BCUT2D eigenvalue weighted by atomic mass is 9.90. The predicted molar refractivity (Wildman–Crippen MR) is 64.7 cm³/mol. The SMILES string of the molecule is CCNC(c1cccc(F)c1)C(C)C1CC1. The highest BCUT2D eigenvalue weighted by Crippen LogP contribution is 2.42. The van der Waals surface area contributed by atoms with Crippen molar-refractivity contribution in [3.8, 4) is 0 Å². The molecule has 0 aromatic heterocycles. The van der Waals surface area contributed by atoms with E-state index in [1.54, 1.807) is 12.1 Å². The van der Waals surface area contributed by atoms with Crippen molar-refractivity contribution in [1.29, 1.82) is 0 Å². The van der Waals surface area contributed by atoms with Gasteiger partial charge in [-0.25, -0.2) is 4.39 Å². The smallest absolute Gasteiger partial charge is 0.123 e. The standard InChI is InChI=1S/C14H20FN/c1-3-16-14(10(2)11-7-8-11)12-5-4-6-13(15)9-12/h4-6,9-11,14,16H,3,7-8H2,1-2H3. The fourth-order valence-electron chi connectivity index (χ4n) is 2.42. The normalized spacial score (nSPS) is 19.4. The molecule has 1 aliphatic carbocycles. The minimum absolute atomic E-state index is 0.136. The summed E-state index contributed by atoms with van der Waals surface area (Å²) in [7, 11) is 0. The van der Waals surface area contributed by atoms with Gasteiger partial charge in [-0.3, -0.25) is 0 Å². The molecule has 2 atom stereocenters. The largest absolute Gasteiger partial charge is 0.310 e. The van der Waals surface area contributed by atoms with E-state index < -0.39 is 0 Å². The van der Waals surface area contributed by atoms with Crippen LogP contribution in [0.15, 0.2) is 24.3 Å². The summed E-state index contributed by atoms with van der Waals surface area (Å²) in [5.41, 5.74) is 1.08. The Balaban J connectivity index is 2.17. The van der Waals surface area contributed by atoms with Crippen LogP contribution in [0.3, 0.4) is 0 Å². The molecule has 1 nitrogen and oxygen atoms in total. The average Bonchev–Trinajstić information content (AvgIpc) is 3.08. The molecule has 2 heteroatoms. The maximum absolute atomic E-state index is 13.2. The summed E-state index contributed by atoms with van der Waals surface area (Å²) in [6.45, 7) is 5.31.